The van der Waals surface area contributed by atoms with Crippen LogP contribution in [0.25, 0.3) is 0 Å². The molecular formula is C13H18O6. The van der Waals surface area contributed by atoms with E-state index >= 15 is 0 Å². The maximum absolute atomic E-state index is 11.0. The number of methoxy groups -OCH3 is 2. The maximum Gasteiger partial charge on any atom is 0.308 e. The predicted octanol–water partition coefficient (Wildman–Crippen LogP) is 0.145. The lowest BCUT2D eigenvalue weighted by Gasteiger charge is -2.18. The predicted molar refractivity (Wildman–Crippen MR) is 66.5 cm³/mol. The Balaban J connectivity index is 2.87. The molecule has 19 heavy (non-hydrogen) atoms. The van der Waals surface area contributed by atoms with Crippen molar-refractivity contribution in [3.05, 3.63) is 29.3 Å². The van der Waals surface area contributed by atoms with Gasteiger partial charge in [-0.25, -0.2) is 0 Å². The molecule has 1 aromatic rings. The van der Waals surface area contributed by atoms with Crippen molar-refractivity contribution < 1.29 is 29.6 Å². The zero-order valence-corrected chi connectivity index (χ0v) is 10.9. The number of rotatable bonds is 6. The molecule has 0 aliphatic rings. The van der Waals surface area contributed by atoms with Crippen LogP contribution in [-0.4, -0.2) is 41.6 Å². The Bertz CT molecular complexity index is 431. The monoisotopic (exact) mass is 270 g/mol. The molecule has 0 saturated heterocycles. The lowest BCUT2D eigenvalue weighted by molar-refractivity contribution is -0.144. The normalized spacial score (nSPS) is 13.7. The first-order valence-corrected chi connectivity index (χ1v) is 5.74. The largest absolute Gasteiger partial charge is 0.496 e. The lowest BCUT2D eigenvalue weighted by atomic mass is 10.0. The maximum atomic E-state index is 11.0. The number of benzene rings is 1. The van der Waals surface area contributed by atoms with Gasteiger partial charge < -0.3 is 24.8 Å². The summed E-state index contributed by atoms with van der Waals surface area (Å²) in [7, 11) is 2.65. The summed E-state index contributed by atoms with van der Waals surface area (Å²) in [5.74, 6) is -0.199. The number of carbonyl (C=O) groups is 1. The van der Waals surface area contributed by atoms with E-state index in [1.54, 1.807) is 12.1 Å². The van der Waals surface area contributed by atoms with Crippen LogP contribution in [0.15, 0.2) is 18.2 Å². The summed E-state index contributed by atoms with van der Waals surface area (Å²) in [5.41, 5.74) is 0.964. The summed E-state index contributed by atoms with van der Waals surface area (Å²) in [6.45, 7) is -0.190. The first-order valence-electron chi connectivity index (χ1n) is 5.74. The van der Waals surface area contributed by atoms with Gasteiger partial charge >= 0.3 is 5.97 Å². The van der Waals surface area contributed by atoms with E-state index in [-0.39, 0.29) is 13.0 Å². The van der Waals surface area contributed by atoms with Crippen molar-refractivity contribution >= 4 is 5.97 Å². The van der Waals surface area contributed by atoms with Crippen molar-refractivity contribution in [2.24, 2.45) is 0 Å². The molecule has 0 aromatic heterocycles. The SMILES string of the molecule is COC(=O)CC(O)C(O)c1ccc(CO)c(OC)c1. The number of aliphatic hydroxyl groups excluding tert-OH is 3. The summed E-state index contributed by atoms with van der Waals surface area (Å²) in [6, 6.07) is 4.65. The van der Waals surface area contributed by atoms with Gasteiger partial charge in [0.2, 0.25) is 0 Å². The lowest BCUT2D eigenvalue weighted by Crippen LogP contribution is -2.22. The second kappa shape index (κ2) is 7.08. The zero-order chi connectivity index (χ0) is 14.4. The molecule has 0 bridgehead atoms. The standard InChI is InChI=1S/C13H18O6/c1-18-11-5-8(3-4-9(11)7-14)13(17)10(15)6-12(16)19-2/h3-5,10,13-15,17H,6-7H2,1-2H3. The number of carbonyl (C=O) groups excluding carboxylic acids is 1. The smallest absolute Gasteiger partial charge is 0.308 e. The summed E-state index contributed by atoms with van der Waals surface area (Å²) in [6.07, 6.45) is -2.81. The molecule has 0 aliphatic heterocycles. The molecule has 0 fully saturated rings. The molecule has 1 aromatic carbocycles. The molecule has 0 heterocycles. The van der Waals surface area contributed by atoms with Gasteiger partial charge in [-0.2, -0.15) is 0 Å². The van der Waals surface area contributed by atoms with E-state index in [1.165, 1.54) is 20.3 Å². The highest BCUT2D eigenvalue weighted by Crippen LogP contribution is 2.26. The van der Waals surface area contributed by atoms with Crippen molar-refractivity contribution in [1.29, 1.82) is 0 Å². The third kappa shape index (κ3) is 3.92. The van der Waals surface area contributed by atoms with Crippen LogP contribution in [0.5, 0.6) is 5.75 Å². The van der Waals surface area contributed by atoms with Crippen molar-refractivity contribution in [1.82, 2.24) is 0 Å². The van der Waals surface area contributed by atoms with E-state index in [0.29, 0.717) is 16.9 Å². The molecule has 1 rings (SSSR count). The Morgan fingerprint density at radius 2 is 2.00 bits per heavy atom. The van der Waals surface area contributed by atoms with Gasteiger partial charge in [0.15, 0.2) is 0 Å². The summed E-state index contributed by atoms with van der Waals surface area (Å²) in [4.78, 5) is 11.0. The van der Waals surface area contributed by atoms with Crippen molar-refractivity contribution in [3.63, 3.8) is 0 Å². The van der Waals surface area contributed by atoms with Crippen LogP contribution in [0.1, 0.15) is 23.7 Å². The van der Waals surface area contributed by atoms with Gasteiger partial charge in [0.1, 0.15) is 11.9 Å². The summed E-state index contributed by atoms with van der Waals surface area (Å²) in [5, 5.41) is 28.7. The first-order chi connectivity index (χ1) is 9.03. The summed E-state index contributed by atoms with van der Waals surface area (Å²) >= 11 is 0. The van der Waals surface area contributed by atoms with E-state index in [9.17, 15) is 15.0 Å². The molecule has 6 nitrogen and oxygen atoms in total. The Morgan fingerprint density at radius 1 is 1.32 bits per heavy atom. The number of aliphatic hydroxyl groups is 3. The molecule has 0 amide bonds. The first kappa shape index (κ1) is 15.4. The van der Waals surface area contributed by atoms with Gasteiger partial charge in [0.25, 0.3) is 0 Å². The molecule has 2 unspecified atom stereocenters. The highest BCUT2D eigenvalue weighted by molar-refractivity contribution is 5.69. The topological polar surface area (TPSA) is 96.2 Å². The van der Waals surface area contributed by atoms with Gasteiger partial charge in [-0.05, 0) is 11.6 Å². The third-order valence-electron chi connectivity index (χ3n) is 2.79. The molecule has 2 atom stereocenters. The van der Waals surface area contributed by atoms with E-state index < -0.39 is 18.2 Å². The fourth-order valence-corrected chi connectivity index (χ4v) is 1.66. The van der Waals surface area contributed by atoms with Gasteiger partial charge in [-0.1, -0.05) is 12.1 Å². The quantitative estimate of drug-likeness (QED) is 0.637. The van der Waals surface area contributed by atoms with E-state index in [1.807, 2.05) is 0 Å². The average molecular weight is 270 g/mol. The van der Waals surface area contributed by atoms with E-state index in [2.05, 4.69) is 4.74 Å². The molecule has 6 heteroatoms. The molecule has 0 spiro atoms. The van der Waals surface area contributed by atoms with Crippen LogP contribution < -0.4 is 4.74 Å². The fraction of sp³-hybridized carbons (Fsp3) is 0.462. The van der Waals surface area contributed by atoms with Crippen LogP contribution in [0.4, 0.5) is 0 Å². The van der Waals surface area contributed by atoms with Crippen molar-refractivity contribution in [3.8, 4) is 5.75 Å². The number of hydrogen-bond acceptors (Lipinski definition) is 6. The van der Waals surface area contributed by atoms with Gasteiger partial charge in [-0.15, -0.1) is 0 Å². The summed E-state index contributed by atoms with van der Waals surface area (Å²) < 4.78 is 9.49. The highest BCUT2D eigenvalue weighted by Gasteiger charge is 2.22. The fourth-order valence-electron chi connectivity index (χ4n) is 1.66. The number of hydrogen-bond donors (Lipinski definition) is 3. The van der Waals surface area contributed by atoms with Crippen LogP contribution >= 0.6 is 0 Å². The molecule has 106 valence electrons. The minimum Gasteiger partial charge on any atom is -0.496 e. The van der Waals surface area contributed by atoms with Crippen LogP contribution in [0.2, 0.25) is 0 Å². The Labute approximate surface area is 111 Å². The van der Waals surface area contributed by atoms with Gasteiger partial charge in [-0.3, -0.25) is 4.79 Å². The highest BCUT2D eigenvalue weighted by atomic mass is 16.5. The average Bonchev–Trinajstić information content (AvgIpc) is 2.45. The molecular weight excluding hydrogens is 252 g/mol. The second-order valence-corrected chi connectivity index (χ2v) is 4.02. The Morgan fingerprint density at radius 3 is 2.53 bits per heavy atom. The molecule has 0 saturated carbocycles. The zero-order valence-electron chi connectivity index (χ0n) is 10.9. The van der Waals surface area contributed by atoms with Crippen LogP contribution in [0.3, 0.4) is 0 Å². The number of esters is 1. The Kier molecular flexibility index (Phi) is 5.75. The molecule has 3 N–H and O–H groups in total. The minimum atomic E-state index is -1.27. The van der Waals surface area contributed by atoms with Crippen LogP contribution in [-0.2, 0) is 16.1 Å². The van der Waals surface area contributed by atoms with Gasteiger partial charge in [0, 0.05) is 5.56 Å². The molecule has 0 aliphatic carbocycles. The van der Waals surface area contributed by atoms with E-state index in [4.69, 9.17) is 9.84 Å². The van der Waals surface area contributed by atoms with E-state index in [0.717, 1.165) is 0 Å². The van der Waals surface area contributed by atoms with Crippen molar-refractivity contribution in [2.75, 3.05) is 14.2 Å². The minimum absolute atomic E-state index is 0.190. The third-order valence-corrected chi connectivity index (χ3v) is 2.79. The second-order valence-electron chi connectivity index (χ2n) is 4.02. The van der Waals surface area contributed by atoms with Crippen LogP contribution in [0, 0.1) is 0 Å². The Hall–Kier alpha value is -1.63. The van der Waals surface area contributed by atoms with Gasteiger partial charge in [0.05, 0.1) is 33.4 Å². The number of ether oxygens (including phenoxy) is 2. The van der Waals surface area contributed by atoms with Crippen molar-refractivity contribution in [2.45, 2.75) is 25.2 Å². The molecule has 0 radical (unpaired) electrons.